The monoisotopic (exact) mass is 369 g/mol. The average Bonchev–Trinajstić information content (AvgIpc) is 3.05. The smallest absolute Gasteiger partial charge is 0.123 e. The molecule has 4 rings (SSSR count). The minimum Gasteiger partial charge on any atom is -0.246 e. The molecule has 0 radical (unpaired) electrons. The third-order valence-electron chi connectivity index (χ3n) is 3.76. The minimum absolute atomic E-state index is 0.223. The summed E-state index contributed by atoms with van der Waals surface area (Å²) in [6.45, 7) is 0. The van der Waals surface area contributed by atoms with Gasteiger partial charge in [0.25, 0.3) is 0 Å². The number of hydrogen-bond donors (Lipinski definition) is 0. The summed E-state index contributed by atoms with van der Waals surface area (Å²) in [6.07, 6.45) is 3.54. The van der Waals surface area contributed by atoms with Gasteiger partial charge in [0.05, 0.1) is 11.2 Å². The summed E-state index contributed by atoms with van der Waals surface area (Å²) in [4.78, 5) is 4.45. The van der Waals surface area contributed by atoms with E-state index in [1.54, 1.807) is 30.1 Å². The van der Waals surface area contributed by atoms with Crippen molar-refractivity contribution in [3.05, 3.63) is 83.4 Å². The topological polar surface area (TPSA) is 30.2 Å². The lowest BCUT2D eigenvalue weighted by molar-refractivity contribution is 0.626. The highest BCUT2D eigenvalue weighted by Crippen LogP contribution is 2.28. The Morgan fingerprint density at radius 1 is 1.08 bits per heavy atom. The molecule has 0 aliphatic carbocycles. The zero-order valence-corrected chi connectivity index (χ0v) is 14.6. The molecule has 4 aromatic rings. The quantitative estimate of drug-likeness (QED) is 0.446. The number of rotatable bonds is 4. The summed E-state index contributed by atoms with van der Waals surface area (Å²) in [5.41, 5.74) is 3.70. The molecule has 124 valence electrons. The van der Waals surface area contributed by atoms with E-state index in [4.69, 9.17) is 11.6 Å². The van der Waals surface area contributed by atoms with Crippen LogP contribution in [0.4, 0.5) is 4.39 Å². The van der Waals surface area contributed by atoms with Crippen LogP contribution >= 0.6 is 23.4 Å². The molecule has 2 heterocycles. The second kappa shape index (κ2) is 6.86. The van der Waals surface area contributed by atoms with Gasteiger partial charge in [-0.25, -0.2) is 13.9 Å². The summed E-state index contributed by atoms with van der Waals surface area (Å²) in [7, 11) is 0. The predicted molar refractivity (Wildman–Crippen MR) is 99.4 cm³/mol. The molecule has 0 aliphatic rings. The molecule has 0 N–H and O–H groups in total. The zero-order chi connectivity index (χ0) is 17.2. The average molecular weight is 370 g/mol. The first-order valence-corrected chi connectivity index (χ1v) is 9.03. The van der Waals surface area contributed by atoms with E-state index >= 15 is 0 Å². The van der Waals surface area contributed by atoms with Crippen LogP contribution in [-0.2, 0) is 5.75 Å². The van der Waals surface area contributed by atoms with E-state index < -0.39 is 0 Å². The van der Waals surface area contributed by atoms with Crippen LogP contribution in [0.2, 0.25) is 5.02 Å². The number of thioether (sulfide) groups is 1. The second-order valence-corrected chi connectivity index (χ2v) is 6.92. The van der Waals surface area contributed by atoms with Gasteiger partial charge in [-0.2, -0.15) is 5.10 Å². The van der Waals surface area contributed by atoms with E-state index in [-0.39, 0.29) is 5.82 Å². The standard InChI is InChI=1S/C19H13ClFN3S/c20-15-6-4-14(5-7-15)17-11-18-19(22-8-9-24(18)23-17)25-12-13-2-1-3-16(21)10-13/h1-11H,12H2. The fraction of sp³-hybridized carbons (Fsp3) is 0.0526. The van der Waals surface area contributed by atoms with Gasteiger partial charge in [0.2, 0.25) is 0 Å². The first kappa shape index (κ1) is 16.1. The Bertz CT molecular complexity index is 1030. The normalized spacial score (nSPS) is 11.1. The van der Waals surface area contributed by atoms with Crippen molar-refractivity contribution in [2.24, 2.45) is 0 Å². The van der Waals surface area contributed by atoms with Crippen LogP contribution in [-0.4, -0.2) is 14.6 Å². The Morgan fingerprint density at radius 2 is 1.92 bits per heavy atom. The number of halogens is 2. The fourth-order valence-electron chi connectivity index (χ4n) is 2.55. The number of fused-ring (bicyclic) bond motifs is 1. The second-order valence-electron chi connectivity index (χ2n) is 5.52. The molecule has 0 spiro atoms. The van der Waals surface area contributed by atoms with Crippen LogP contribution in [0.15, 0.2) is 72.0 Å². The van der Waals surface area contributed by atoms with Gasteiger partial charge in [0.15, 0.2) is 0 Å². The van der Waals surface area contributed by atoms with Gasteiger partial charge in [-0.15, -0.1) is 0 Å². The highest BCUT2D eigenvalue weighted by Gasteiger charge is 2.10. The largest absolute Gasteiger partial charge is 0.246 e. The van der Waals surface area contributed by atoms with Crippen molar-refractivity contribution in [1.29, 1.82) is 0 Å². The molecular formula is C19H13ClFN3S. The lowest BCUT2D eigenvalue weighted by Gasteiger charge is -2.03. The Kier molecular flexibility index (Phi) is 4.42. The van der Waals surface area contributed by atoms with Gasteiger partial charge in [-0.1, -0.05) is 47.6 Å². The molecule has 0 aliphatic heterocycles. The van der Waals surface area contributed by atoms with Crippen LogP contribution in [0.5, 0.6) is 0 Å². The molecule has 2 aromatic carbocycles. The molecule has 0 saturated carbocycles. The van der Waals surface area contributed by atoms with Gasteiger partial charge in [-0.05, 0) is 35.9 Å². The highest BCUT2D eigenvalue weighted by molar-refractivity contribution is 7.98. The number of benzene rings is 2. The van der Waals surface area contributed by atoms with E-state index in [9.17, 15) is 4.39 Å². The van der Waals surface area contributed by atoms with Crippen LogP contribution in [0.3, 0.4) is 0 Å². The van der Waals surface area contributed by atoms with Crippen LogP contribution in [0, 0.1) is 5.82 Å². The molecule has 0 fully saturated rings. The fourth-order valence-corrected chi connectivity index (χ4v) is 3.59. The van der Waals surface area contributed by atoms with Crippen LogP contribution in [0.1, 0.15) is 5.56 Å². The Morgan fingerprint density at radius 3 is 2.72 bits per heavy atom. The minimum atomic E-state index is -0.223. The zero-order valence-electron chi connectivity index (χ0n) is 13.1. The van der Waals surface area contributed by atoms with Crippen molar-refractivity contribution in [1.82, 2.24) is 14.6 Å². The maximum absolute atomic E-state index is 13.3. The summed E-state index contributed by atoms with van der Waals surface area (Å²) in [6, 6.07) is 16.2. The van der Waals surface area contributed by atoms with Crippen LogP contribution < -0.4 is 0 Å². The van der Waals surface area contributed by atoms with Crippen LogP contribution in [0.25, 0.3) is 16.8 Å². The highest BCUT2D eigenvalue weighted by atomic mass is 35.5. The van der Waals surface area contributed by atoms with Gasteiger partial charge in [0, 0.05) is 28.7 Å². The molecule has 3 nitrogen and oxygen atoms in total. The molecule has 0 bridgehead atoms. The lowest BCUT2D eigenvalue weighted by atomic mass is 10.1. The summed E-state index contributed by atoms with van der Waals surface area (Å²) >= 11 is 7.51. The van der Waals surface area contributed by atoms with Crippen molar-refractivity contribution >= 4 is 28.9 Å². The number of aromatic nitrogens is 3. The van der Waals surface area contributed by atoms with Crippen molar-refractivity contribution < 1.29 is 4.39 Å². The summed E-state index contributed by atoms with van der Waals surface area (Å²) in [5.74, 6) is 0.421. The SMILES string of the molecule is Fc1cccc(CSc2nccn3nc(-c4ccc(Cl)cc4)cc23)c1. The molecule has 6 heteroatoms. The van der Waals surface area contributed by atoms with Crippen molar-refractivity contribution in [3.8, 4) is 11.3 Å². The van der Waals surface area contributed by atoms with E-state index in [1.807, 2.05) is 47.1 Å². The van der Waals surface area contributed by atoms with Gasteiger partial charge >= 0.3 is 0 Å². The summed E-state index contributed by atoms with van der Waals surface area (Å²) in [5, 5.41) is 6.16. The molecule has 0 amide bonds. The van der Waals surface area contributed by atoms with Gasteiger partial charge in [0.1, 0.15) is 10.8 Å². The molecule has 0 saturated heterocycles. The van der Waals surface area contributed by atoms with E-state index in [0.29, 0.717) is 10.8 Å². The third kappa shape index (κ3) is 3.52. The first-order chi connectivity index (χ1) is 12.2. The summed E-state index contributed by atoms with van der Waals surface area (Å²) < 4.78 is 15.1. The molecule has 2 aromatic heterocycles. The lowest BCUT2D eigenvalue weighted by Crippen LogP contribution is -1.91. The molecular weight excluding hydrogens is 357 g/mol. The van der Waals surface area contributed by atoms with E-state index in [2.05, 4.69) is 10.1 Å². The molecule has 0 atom stereocenters. The van der Waals surface area contributed by atoms with E-state index in [1.165, 1.54) is 6.07 Å². The van der Waals surface area contributed by atoms with Crippen molar-refractivity contribution in [3.63, 3.8) is 0 Å². The molecule has 25 heavy (non-hydrogen) atoms. The number of nitrogens with zero attached hydrogens (tertiary/aromatic N) is 3. The molecule has 0 unspecified atom stereocenters. The third-order valence-corrected chi connectivity index (χ3v) is 5.08. The predicted octanol–water partition coefficient (Wildman–Crippen LogP) is 5.48. The first-order valence-electron chi connectivity index (χ1n) is 7.66. The Hall–Kier alpha value is -2.37. The Balaban J connectivity index is 1.64. The maximum atomic E-state index is 13.3. The number of hydrogen-bond acceptors (Lipinski definition) is 3. The van der Waals surface area contributed by atoms with Gasteiger partial charge in [-0.3, -0.25) is 0 Å². The van der Waals surface area contributed by atoms with Crippen molar-refractivity contribution in [2.45, 2.75) is 10.8 Å². The maximum Gasteiger partial charge on any atom is 0.123 e. The van der Waals surface area contributed by atoms with Gasteiger partial charge < -0.3 is 0 Å². The Labute approximate surface area is 153 Å². The van der Waals surface area contributed by atoms with Crippen molar-refractivity contribution in [2.75, 3.05) is 0 Å². The van der Waals surface area contributed by atoms with E-state index in [0.717, 1.165) is 27.4 Å².